The lowest BCUT2D eigenvalue weighted by Gasteiger charge is -2.43. The van der Waals surface area contributed by atoms with Crippen LogP contribution in [0.2, 0.25) is 0 Å². The predicted octanol–water partition coefficient (Wildman–Crippen LogP) is 0.000800. The highest BCUT2D eigenvalue weighted by Crippen LogP contribution is 2.31. The lowest BCUT2D eigenvalue weighted by molar-refractivity contribution is -0.0550. The van der Waals surface area contributed by atoms with Crippen LogP contribution in [-0.2, 0) is 4.74 Å². The zero-order valence-electron chi connectivity index (χ0n) is 10.9. The van der Waals surface area contributed by atoms with Crippen molar-refractivity contribution in [3.8, 4) is 0 Å². The average Bonchev–Trinajstić information content (AvgIpc) is 2.72. The predicted molar refractivity (Wildman–Crippen MR) is 68.2 cm³/mol. The molecule has 3 rings (SSSR count). The quantitative estimate of drug-likeness (QED) is 0.750. The van der Waals surface area contributed by atoms with Gasteiger partial charge in [0.05, 0.1) is 12.7 Å². The van der Waals surface area contributed by atoms with E-state index in [4.69, 9.17) is 4.74 Å². The van der Waals surface area contributed by atoms with Gasteiger partial charge in [-0.2, -0.15) is 0 Å². The van der Waals surface area contributed by atoms with E-state index in [1.807, 2.05) is 7.05 Å². The van der Waals surface area contributed by atoms with Crippen LogP contribution >= 0.6 is 0 Å². The second-order valence-corrected chi connectivity index (χ2v) is 5.75. The standard InChI is InChI=1S/C13H25N3O/c1-14-8-12-10-16(6-7-17-12)13-3-5-15-4-2-11(13)9-15/h11-14H,2-10H2,1H3. The third-order valence-electron chi connectivity index (χ3n) is 4.67. The van der Waals surface area contributed by atoms with Crippen molar-refractivity contribution >= 4 is 0 Å². The Labute approximate surface area is 104 Å². The van der Waals surface area contributed by atoms with Crippen LogP contribution in [-0.4, -0.2) is 74.9 Å². The molecule has 2 bridgehead atoms. The first-order valence-electron chi connectivity index (χ1n) is 7.09. The number of nitrogens with zero attached hydrogens (tertiary/aromatic N) is 2. The second kappa shape index (κ2) is 5.22. The van der Waals surface area contributed by atoms with Crippen LogP contribution in [0.1, 0.15) is 12.8 Å². The first-order valence-corrected chi connectivity index (χ1v) is 7.09. The molecule has 0 aromatic carbocycles. The van der Waals surface area contributed by atoms with Crippen molar-refractivity contribution in [2.75, 3.05) is 52.9 Å². The minimum Gasteiger partial charge on any atom is -0.374 e. The van der Waals surface area contributed by atoms with Crippen molar-refractivity contribution in [3.63, 3.8) is 0 Å². The van der Waals surface area contributed by atoms with Gasteiger partial charge in [0.25, 0.3) is 0 Å². The van der Waals surface area contributed by atoms with Gasteiger partial charge in [-0.1, -0.05) is 0 Å². The van der Waals surface area contributed by atoms with Gasteiger partial charge in [-0.25, -0.2) is 0 Å². The van der Waals surface area contributed by atoms with Crippen molar-refractivity contribution in [1.82, 2.24) is 15.1 Å². The molecule has 4 nitrogen and oxygen atoms in total. The zero-order chi connectivity index (χ0) is 11.7. The largest absolute Gasteiger partial charge is 0.374 e. The van der Waals surface area contributed by atoms with Crippen molar-refractivity contribution < 1.29 is 4.74 Å². The van der Waals surface area contributed by atoms with Gasteiger partial charge < -0.3 is 15.0 Å². The number of fused-ring (bicyclic) bond motifs is 2. The molecular formula is C13H25N3O. The van der Waals surface area contributed by atoms with Crippen LogP contribution in [0.25, 0.3) is 0 Å². The Bertz CT molecular complexity index is 259. The summed E-state index contributed by atoms with van der Waals surface area (Å²) in [7, 11) is 2.01. The highest BCUT2D eigenvalue weighted by molar-refractivity contribution is 4.93. The molecule has 3 aliphatic rings. The fourth-order valence-corrected chi connectivity index (χ4v) is 3.81. The molecule has 0 aromatic heterocycles. The van der Waals surface area contributed by atoms with E-state index in [0.29, 0.717) is 6.10 Å². The molecule has 4 heteroatoms. The summed E-state index contributed by atoms with van der Waals surface area (Å²) in [6.07, 6.45) is 3.18. The summed E-state index contributed by atoms with van der Waals surface area (Å²) in [6, 6.07) is 0.831. The number of hydrogen-bond acceptors (Lipinski definition) is 4. The Morgan fingerprint density at radius 1 is 1.18 bits per heavy atom. The van der Waals surface area contributed by atoms with Crippen molar-refractivity contribution in [3.05, 3.63) is 0 Å². The van der Waals surface area contributed by atoms with Gasteiger partial charge >= 0.3 is 0 Å². The maximum atomic E-state index is 5.80. The van der Waals surface area contributed by atoms with Gasteiger partial charge in [-0.05, 0) is 38.9 Å². The van der Waals surface area contributed by atoms with E-state index in [1.165, 1.54) is 32.5 Å². The highest BCUT2D eigenvalue weighted by atomic mass is 16.5. The molecular weight excluding hydrogens is 214 g/mol. The Balaban J connectivity index is 1.59. The molecule has 98 valence electrons. The maximum Gasteiger partial charge on any atom is 0.0826 e. The van der Waals surface area contributed by atoms with Crippen molar-refractivity contribution in [1.29, 1.82) is 0 Å². The summed E-state index contributed by atoms with van der Waals surface area (Å²) in [4.78, 5) is 5.34. The molecule has 3 heterocycles. The number of piperidine rings is 1. The third kappa shape index (κ3) is 2.50. The lowest BCUT2D eigenvalue weighted by Crippen LogP contribution is -2.54. The Morgan fingerprint density at radius 3 is 2.94 bits per heavy atom. The smallest absolute Gasteiger partial charge is 0.0826 e. The molecule has 0 saturated carbocycles. The molecule has 4 atom stereocenters. The number of rotatable bonds is 3. The van der Waals surface area contributed by atoms with E-state index >= 15 is 0 Å². The summed E-state index contributed by atoms with van der Waals surface area (Å²) in [5.74, 6) is 0.928. The molecule has 4 unspecified atom stereocenters. The summed E-state index contributed by atoms with van der Waals surface area (Å²) in [5, 5.41) is 3.23. The molecule has 1 N–H and O–H groups in total. The van der Waals surface area contributed by atoms with Gasteiger partial charge in [0.2, 0.25) is 0 Å². The van der Waals surface area contributed by atoms with Crippen molar-refractivity contribution in [2.24, 2.45) is 5.92 Å². The normalized spacial score (nSPS) is 42.9. The molecule has 0 aromatic rings. The summed E-state index contributed by atoms with van der Waals surface area (Å²) in [5.41, 5.74) is 0. The lowest BCUT2D eigenvalue weighted by atomic mass is 9.92. The number of morpholine rings is 1. The summed E-state index contributed by atoms with van der Waals surface area (Å²) in [6.45, 7) is 8.17. The molecule has 0 amide bonds. The van der Waals surface area contributed by atoms with Gasteiger partial charge in [0.1, 0.15) is 0 Å². The van der Waals surface area contributed by atoms with E-state index in [9.17, 15) is 0 Å². The highest BCUT2D eigenvalue weighted by Gasteiger charge is 2.38. The Hall–Kier alpha value is -0.160. The topological polar surface area (TPSA) is 27.7 Å². The zero-order valence-corrected chi connectivity index (χ0v) is 10.9. The average molecular weight is 239 g/mol. The fourth-order valence-electron chi connectivity index (χ4n) is 3.81. The second-order valence-electron chi connectivity index (χ2n) is 5.75. The number of likely N-dealkylation sites (N-methyl/N-ethyl adjacent to an activating group) is 1. The van der Waals surface area contributed by atoms with Crippen LogP contribution in [0.3, 0.4) is 0 Å². The van der Waals surface area contributed by atoms with E-state index in [-0.39, 0.29) is 0 Å². The van der Waals surface area contributed by atoms with E-state index in [1.54, 1.807) is 0 Å². The van der Waals surface area contributed by atoms with Gasteiger partial charge in [0, 0.05) is 32.2 Å². The van der Waals surface area contributed by atoms with E-state index < -0.39 is 0 Å². The molecule has 3 fully saturated rings. The van der Waals surface area contributed by atoms with Crippen LogP contribution in [0.4, 0.5) is 0 Å². The molecule has 0 radical (unpaired) electrons. The molecule has 3 aliphatic heterocycles. The van der Waals surface area contributed by atoms with Gasteiger partial charge in [-0.15, -0.1) is 0 Å². The van der Waals surface area contributed by atoms with E-state index in [2.05, 4.69) is 15.1 Å². The Kier molecular flexibility index (Phi) is 3.66. The summed E-state index contributed by atoms with van der Waals surface area (Å²) < 4.78 is 5.80. The number of hydrogen-bond donors (Lipinski definition) is 1. The van der Waals surface area contributed by atoms with Crippen LogP contribution < -0.4 is 5.32 Å². The minimum atomic E-state index is 0.396. The monoisotopic (exact) mass is 239 g/mol. The van der Waals surface area contributed by atoms with Gasteiger partial charge in [-0.3, -0.25) is 4.90 Å². The first-order chi connectivity index (χ1) is 8.36. The van der Waals surface area contributed by atoms with Gasteiger partial charge in [0.15, 0.2) is 0 Å². The Morgan fingerprint density at radius 2 is 2.06 bits per heavy atom. The third-order valence-corrected chi connectivity index (χ3v) is 4.67. The fraction of sp³-hybridized carbons (Fsp3) is 1.00. The number of ether oxygens (including phenoxy) is 1. The molecule has 3 saturated heterocycles. The SMILES string of the molecule is CNCC1CN(C2CCN3CCC2C3)CCO1. The molecule has 0 spiro atoms. The van der Waals surface area contributed by atoms with E-state index in [0.717, 1.165) is 38.2 Å². The van der Waals surface area contributed by atoms with Crippen LogP contribution in [0.5, 0.6) is 0 Å². The number of nitrogens with one attached hydrogen (secondary N) is 1. The van der Waals surface area contributed by atoms with Crippen LogP contribution in [0, 0.1) is 5.92 Å². The van der Waals surface area contributed by atoms with Crippen LogP contribution in [0.15, 0.2) is 0 Å². The maximum absolute atomic E-state index is 5.80. The molecule has 17 heavy (non-hydrogen) atoms. The minimum absolute atomic E-state index is 0.396. The van der Waals surface area contributed by atoms with Crippen molar-refractivity contribution in [2.45, 2.75) is 25.0 Å². The molecule has 0 aliphatic carbocycles. The first kappa shape index (κ1) is 11.9. The summed E-state index contributed by atoms with van der Waals surface area (Å²) >= 11 is 0.